The van der Waals surface area contributed by atoms with Gasteiger partial charge in [-0.3, -0.25) is 14.8 Å². The van der Waals surface area contributed by atoms with Crippen molar-refractivity contribution in [1.29, 1.82) is 0 Å². The van der Waals surface area contributed by atoms with E-state index < -0.39 is 0 Å². The van der Waals surface area contributed by atoms with Gasteiger partial charge in [0.1, 0.15) is 11.4 Å². The van der Waals surface area contributed by atoms with Crippen molar-refractivity contribution < 1.29 is 9.32 Å². The van der Waals surface area contributed by atoms with E-state index >= 15 is 0 Å². The van der Waals surface area contributed by atoms with Crippen molar-refractivity contribution in [3.63, 3.8) is 0 Å². The Bertz CT molecular complexity index is 751. The van der Waals surface area contributed by atoms with Crippen LogP contribution in [0.4, 0.5) is 0 Å². The number of benzene rings is 1. The van der Waals surface area contributed by atoms with E-state index in [2.05, 4.69) is 15.1 Å². The summed E-state index contributed by atoms with van der Waals surface area (Å²) in [6.07, 6.45) is 4.81. The van der Waals surface area contributed by atoms with Gasteiger partial charge in [-0.25, -0.2) is 0 Å². The maximum absolute atomic E-state index is 11.4. The second kappa shape index (κ2) is 5.05. The highest BCUT2D eigenvalue weighted by Gasteiger charge is 2.10. The maximum atomic E-state index is 11.4. The summed E-state index contributed by atoms with van der Waals surface area (Å²) in [6.45, 7) is 1.53. The Morgan fingerprint density at radius 2 is 2.05 bits per heavy atom. The van der Waals surface area contributed by atoms with E-state index in [1.807, 2.05) is 12.1 Å². The third kappa shape index (κ3) is 2.33. The molecule has 0 aliphatic rings. The number of carbonyl (C=O) groups excluding carboxylic acids is 1. The predicted molar refractivity (Wildman–Crippen MR) is 73.0 cm³/mol. The number of ketones is 1. The molecule has 0 unspecified atom stereocenters. The number of hydrogen-bond donors (Lipinski definition) is 0. The zero-order chi connectivity index (χ0) is 13.9. The quantitative estimate of drug-likeness (QED) is 0.681. The molecule has 5 heteroatoms. The summed E-state index contributed by atoms with van der Waals surface area (Å²) in [6, 6.07) is 9.02. The smallest absolute Gasteiger partial charge is 0.167 e. The van der Waals surface area contributed by atoms with E-state index in [0.29, 0.717) is 22.7 Å². The highest BCUT2D eigenvalue weighted by Crippen LogP contribution is 2.25. The second-order valence-corrected chi connectivity index (χ2v) is 4.30. The standard InChI is InChI=1S/C15H11N3O2/c1-10(19)11-3-2-4-12(7-11)15-8-13(18-20-15)14-9-16-5-6-17-14/h2-9H,1H3. The molecule has 0 fully saturated rings. The maximum Gasteiger partial charge on any atom is 0.167 e. The van der Waals surface area contributed by atoms with Crippen molar-refractivity contribution in [2.24, 2.45) is 0 Å². The SMILES string of the molecule is CC(=O)c1cccc(-c2cc(-c3cnccn3)no2)c1. The molecule has 2 aromatic heterocycles. The molecule has 0 saturated carbocycles. The molecule has 0 aliphatic carbocycles. The fourth-order valence-electron chi connectivity index (χ4n) is 1.85. The number of Topliss-reactive ketones (excluding diaryl/α,β-unsaturated/α-hetero) is 1. The van der Waals surface area contributed by atoms with E-state index in [0.717, 1.165) is 5.56 Å². The first-order valence-corrected chi connectivity index (χ1v) is 6.08. The molecule has 1 aromatic carbocycles. The largest absolute Gasteiger partial charge is 0.356 e. The molecule has 0 radical (unpaired) electrons. The van der Waals surface area contributed by atoms with Crippen LogP contribution in [-0.2, 0) is 0 Å². The van der Waals surface area contributed by atoms with Crippen LogP contribution in [0, 0.1) is 0 Å². The lowest BCUT2D eigenvalue weighted by Crippen LogP contribution is -1.91. The molecule has 0 aliphatic heterocycles. The van der Waals surface area contributed by atoms with Crippen molar-refractivity contribution in [3.05, 3.63) is 54.5 Å². The van der Waals surface area contributed by atoms with Crippen LogP contribution in [0.3, 0.4) is 0 Å². The van der Waals surface area contributed by atoms with Crippen LogP contribution >= 0.6 is 0 Å². The number of hydrogen-bond acceptors (Lipinski definition) is 5. The lowest BCUT2D eigenvalue weighted by Gasteiger charge is -1.98. The molecule has 3 rings (SSSR count). The molecule has 2 heterocycles. The van der Waals surface area contributed by atoms with Gasteiger partial charge in [0.15, 0.2) is 11.5 Å². The first-order valence-electron chi connectivity index (χ1n) is 6.08. The first kappa shape index (κ1) is 12.2. The summed E-state index contributed by atoms with van der Waals surface area (Å²) >= 11 is 0. The summed E-state index contributed by atoms with van der Waals surface area (Å²) in [7, 11) is 0. The molecule has 3 aromatic rings. The lowest BCUT2D eigenvalue weighted by atomic mass is 10.1. The lowest BCUT2D eigenvalue weighted by molar-refractivity contribution is 0.101. The van der Waals surface area contributed by atoms with Gasteiger partial charge in [-0.05, 0) is 13.0 Å². The molecule has 5 nitrogen and oxygen atoms in total. The zero-order valence-electron chi connectivity index (χ0n) is 10.8. The van der Waals surface area contributed by atoms with Gasteiger partial charge in [0.2, 0.25) is 0 Å². The Hall–Kier alpha value is -2.82. The summed E-state index contributed by atoms with van der Waals surface area (Å²) in [5.41, 5.74) is 2.70. The molecule has 0 spiro atoms. The van der Waals surface area contributed by atoms with Crippen molar-refractivity contribution in [1.82, 2.24) is 15.1 Å². The van der Waals surface area contributed by atoms with Gasteiger partial charge < -0.3 is 4.52 Å². The number of carbonyl (C=O) groups is 1. The highest BCUT2D eigenvalue weighted by molar-refractivity contribution is 5.95. The van der Waals surface area contributed by atoms with Gasteiger partial charge in [-0.1, -0.05) is 23.4 Å². The molecule has 0 N–H and O–H groups in total. The number of rotatable bonds is 3. The van der Waals surface area contributed by atoms with Crippen molar-refractivity contribution in [2.75, 3.05) is 0 Å². The number of aromatic nitrogens is 3. The van der Waals surface area contributed by atoms with Gasteiger partial charge in [-0.15, -0.1) is 0 Å². The molecule has 0 atom stereocenters. The fraction of sp³-hybridized carbons (Fsp3) is 0.0667. The first-order chi connectivity index (χ1) is 9.74. The van der Waals surface area contributed by atoms with Crippen LogP contribution in [0.25, 0.3) is 22.7 Å². The van der Waals surface area contributed by atoms with Crippen molar-refractivity contribution >= 4 is 5.78 Å². The Morgan fingerprint density at radius 3 is 2.80 bits per heavy atom. The third-order valence-corrected chi connectivity index (χ3v) is 2.89. The minimum Gasteiger partial charge on any atom is -0.356 e. The van der Waals surface area contributed by atoms with E-state index in [4.69, 9.17) is 4.52 Å². The Labute approximate surface area is 115 Å². The normalized spacial score (nSPS) is 10.4. The van der Waals surface area contributed by atoms with Crippen LogP contribution in [0.2, 0.25) is 0 Å². The van der Waals surface area contributed by atoms with E-state index in [9.17, 15) is 4.79 Å². The molecule has 0 amide bonds. The number of nitrogens with zero attached hydrogens (tertiary/aromatic N) is 3. The van der Waals surface area contributed by atoms with Gasteiger partial charge in [-0.2, -0.15) is 0 Å². The zero-order valence-corrected chi connectivity index (χ0v) is 10.8. The van der Waals surface area contributed by atoms with Gasteiger partial charge >= 0.3 is 0 Å². The Kier molecular flexibility index (Phi) is 3.09. The van der Waals surface area contributed by atoms with Crippen LogP contribution in [-0.4, -0.2) is 20.9 Å². The monoisotopic (exact) mass is 265 g/mol. The minimum atomic E-state index is 0.0144. The molecule has 0 saturated heterocycles. The van der Waals surface area contributed by atoms with Gasteiger partial charge in [0.25, 0.3) is 0 Å². The summed E-state index contributed by atoms with van der Waals surface area (Å²) < 4.78 is 5.31. The van der Waals surface area contributed by atoms with Crippen molar-refractivity contribution in [3.8, 4) is 22.7 Å². The molecular formula is C15H11N3O2. The van der Waals surface area contributed by atoms with Crippen molar-refractivity contribution in [2.45, 2.75) is 6.92 Å². The third-order valence-electron chi connectivity index (χ3n) is 2.89. The van der Waals surface area contributed by atoms with E-state index in [-0.39, 0.29) is 5.78 Å². The van der Waals surface area contributed by atoms with Crippen LogP contribution < -0.4 is 0 Å². The van der Waals surface area contributed by atoms with Crippen LogP contribution in [0.5, 0.6) is 0 Å². The van der Waals surface area contributed by atoms with E-state index in [1.165, 1.54) is 6.92 Å². The molecular weight excluding hydrogens is 254 g/mol. The van der Waals surface area contributed by atoms with E-state index in [1.54, 1.807) is 36.8 Å². The average molecular weight is 265 g/mol. The summed E-state index contributed by atoms with van der Waals surface area (Å²) in [5, 5.41) is 3.97. The Morgan fingerprint density at radius 1 is 1.15 bits per heavy atom. The molecule has 98 valence electrons. The topological polar surface area (TPSA) is 68.9 Å². The molecule has 0 bridgehead atoms. The van der Waals surface area contributed by atoms with Gasteiger partial charge in [0.05, 0.1) is 6.20 Å². The summed E-state index contributed by atoms with van der Waals surface area (Å²) in [4.78, 5) is 19.5. The predicted octanol–water partition coefficient (Wildman–Crippen LogP) is 3.00. The average Bonchev–Trinajstić information content (AvgIpc) is 2.98. The fourth-order valence-corrected chi connectivity index (χ4v) is 1.85. The van der Waals surface area contributed by atoms with Crippen LogP contribution in [0.15, 0.2) is 53.4 Å². The molecule has 20 heavy (non-hydrogen) atoms. The Balaban J connectivity index is 1.98. The minimum absolute atomic E-state index is 0.0144. The summed E-state index contributed by atoms with van der Waals surface area (Å²) in [5.74, 6) is 0.606. The van der Waals surface area contributed by atoms with Gasteiger partial charge in [0, 0.05) is 29.6 Å². The van der Waals surface area contributed by atoms with Crippen LogP contribution in [0.1, 0.15) is 17.3 Å². The second-order valence-electron chi connectivity index (χ2n) is 4.30. The highest BCUT2D eigenvalue weighted by atomic mass is 16.5.